The number of aromatic amines is 1. The monoisotopic (exact) mass is 343 g/mol. The molecule has 1 aliphatic rings. The third-order valence-electron chi connectivity index (χ3n) is 2.85. The summed E-state index contributed by atoms with van der Waals surface area (Å²) in [6.07, 6.45) is 0. The second-order valence-electron chi connectivity index (χ2n) is 4.08. The molecule has 0 radical (unpaired) electrons. The lowest BCUT2D eigenvalue weighted by Crippen LogP contribution is -2.17. The van der Waals surface area contributed by atoms with Gasteiger partial charge >= 0.3 is 0 Å². The van der Waals surface area contributed by atoms with Crippen molar-refractivity contribution in [3.63, 3.8) is 0 Å². The first-order chi connectivity index (χ1) is 10.5. The van der Waals surface area contributed by atoms with Gasteiger partial charge in [-0.1, -0.05) is 16.7 Å². The topological polar surface area (TPSA) is 110 Å². The normalized spacial score (nSPS) is 16.6. The average Bonchev–Trinajstić information content (AvgIpc) is 3.06. The third kappa shape index (κ3) is 2.25. The fraction of sp³-hybridized carbons (Fsp3) is 0.0909. The third-order valence-corrected chi connectivity index (χ3v) is 4.85. The molecular formula is C11H7ClFN5O3S. The number of tetrazole rings is 1. The molecule has 2 N–H and O–H groups in total. The van der Waals surface area contributed by atoms with Crippen LogP contribution in [0.2, 0.25) is 0 Å². The molecule has 1 aromatic carbocycles. The summed E-state index contributed by atoms with van der Waals surface area (Å²) in [4.78, 5) is 12.0. The van der Waals surface area contributed by atoms with Crippen LogP contribution < -0.4 is 10.1 Å². The molecule has 1 amide bonds. The number of methoxy groups -OCH3 is 1. The summed E-state index contributed by atoms with van der Waals surface area (Å²) < 4.78 is 30.9. The fourth-order valence-electron chi connectivity index (χ4n) is 1.89. The van der Waals surface area contributed by atoms with E-state index >= 15 is 0 Å². The van der Waals surface area contributed by atoms with Crippen molar-refractivity contribution in [2.24, 2.45) is 0 Å². The maximum atomic E-state index is 13.7. The molecule has 0 bridgehead atoms. The maximum absolute atomic E-state index is 13.7. The van der Waals surface area contributed by atoms with Gasteiger partial charge in [0.05, 0.1) is 27.8 Å². The number of carbonyl (C=O) groups is 1. The zero-order valence-electron chi connectivity index (χ0n) is 10.9. The lowest BCUT2D eigenvalue weighted by Gasteiger charge is -2.04. The predicted molar refractivity (Wildman–Crippen MR) is 74.9 cm³/mol. The minimum atomic E-state index is -1.92. The van der Waals surface area contributed by atoms with Crippen molar-refractivity contribution in [2.45, 2.75) is 4.90 Å². The molecule has 114 valence electrons. The molecule has 0 saturated heterocycles. The van der Waals surface area contributed by atoms with Crippen LogP contribution >= 0.6 is 11.6 Å². The van der Waals surface area contributed by atoms with E-state index in [-0.39, 0.29) is 32.1 Å². The SMILES string of the molecule is COc1cc2c(cc1F)S(=O)C(C(=O)Nc1nn[nH]n1)=C2Cl. The zero-order valence-corrected chi connectivity index (χ0v) is 12.5. The second kappa shape index (κ2) is 5.46. The number of nitrogens with zero attached hydrogens (tertiary/aromatic N) is 3. The Bertz CT molecular complexity index is 823. The summed E-state index contributed by atoms with van der Waals surface area (Å²) in [5.41, 5.74) is 0.275. The van der Waals surface area contributed by atoms with Crippen LogP contribution in [0.5, 0.6) is 5.75 Å². The zero-order chi connectivity index (χ0) is 15.9. The van der Waals surface area contributed by atoms with E-state index in [1.807, 2.05) is 0 Å². The number of hydrogen-bond acceptors (Lipinski definition) is 6. The minimum absolute atomic E-state index is 0.0485. The first-order valence-electron chi connectivity index (χ1n) is 5.77. The van der Waals surface area contributed by atoms with Crippen LogP contribution in [0.15, 0.2) is 21.9 Å². The van der Waals surface area contributed by atoms with Gasteiger partial charge in [-0.2, -0.15) is 5.21 Å². The van der Waals surface area contributed by atoms with Gasteiger partial charge in [-0.25, -0.2) is 8.60 Å². The molecule has 22 heavy (non-hydrogen) atoms. The summed E-state index contributed by atoms with van der Waals surface area (Å²) >= 11 is 6.10. The van der Waals surface area contributed by atoms with E-state index in [0.717, 1.165) is 6.07 Å². The number of carbonyl (C=O) groups excluding carboxylic acids is 1. The van der Waals surface area contributed by atoms with Gasteiger partial charge in [0, 0.05) is 5.56 Å². The lowest BCUT2D eigenvalue weighted by atomic mass is 10.2. The molecule has 2 heterocycles. The first kappa shape index (κ1) is 14.6. The number of halogens is 2. The molecule has 1 atom stereocenters. The molecule has 8 nitrogen and oxygen atoms in total. The number of amides is 1. The van der Waals surface area contributed by atoms with Gasteiger partial charge < -0.3 is 4.74 Å². The number of fused-ring (bicyclic) bond motifs is 1. The number of aromatic nitrogens is 4. The lowest BCUT2D eigenvalue weighted by molar-refractivity contribution is -0.112. The van der Waals surface area contributed by atoms with Gasteiger partial charge in [-0.05, 0) is 17.3 Å². The van der Waals surface area contributed by atoms with Crippen molar-refractivity contribution >= 4 is 39.3 Å². The van der Waals surface area contributed by atoms with Crippen molar-refractivity contribution in [1.82, 2.24) is 20.6 Å². The van der Waals surface area contributed by atoms with Crippen LogP contribution in [0.4, 0.5) is 10.3 Å². The summed E-state index contributed by atoms with van der Waals surface area (Å²) in [6, 6.07) is 2.32. The molecule has 3 rings (SSSR count). The highest BCUT2D eigenvalue weighted by Gasteiger charge is 2.34. The highest BCUT2D eigenvalue weighted by atomic mass is 35.5. The van der Waals surface area contributed by atoms with Gasteiger partial charge in [0.2, 0.25) is 0 Å². The molecule has 2 aromatic rings. The van der Waals surface area contributed by atoms with E-state index in [2.05, 4.69) is 25.9 Å². The number of ether oxygens (including phenoxy) is 1. The standard InChI is InChI=1S/C11H7ClFN5O3S/c1-21-6-2-4-7(3-5(6)13)22(20)9(8(4)12)10(19)14-11-15-17-18-16-11/h2-3H,1H3,(H2,14,15,16,17,18,19). The summed E-state index contributed by atoms with van der Waals surface area (Å²) in [5.74, 6) is -1.62. The quantitative estimate of drug-likeness (QED) is 0.860. The maximum Gasteiger partial charge on any atom is 0.270 e. The highest BCUT2D eigenvalue weighted by Crippen LogP contribution is 2.41. The van der Waals surface area contributed by atoms with Gasteiger partial charge in [-0.3, -0.25) is 10.1 Å². The summed E-state index contributed by atoms with van der Waals surface area (Å²) in [7, 11) is -0.634. The van der Waals surface area contributed by atoms with E-state index in [9.17, 15) is 13.4 Å². The molecule has 1 unspecified atom stereocenters. The van der Waals surface area contributed by atoms with Crippen molar-refractivity contribution < 1.29 is 18.1 Å². The Morgan fingerprint density at radius 3 is 2.91 bits per heavy atom. The Hall–Kier alpha value is -2.33. The van der Waals surface area contributed by atoms with Crippen LogP contribution in [0.3, 0.4) is 0 Å². The van der Waals surface area contributed by atoms with Crippen molar-refractivity contribution in [3.8, 4) is 5.75 Å². The van der Waals surface area contributed by atoms with Crippen LogP contribution in [-0.2, 0) is 15.6 Å². The molecule has 11 heteroatoms. The van der Waals surface area contributed by atoms with Crippen molar-refractivity contribution in [2.75, 3.05) is 12.4 Å². The molecule has 0 aliphatic carbocycles. The van der Waals surface area contributed by atoms with Gasteiger partial charge in [0.15, 0.2) is 11.6 Å². The number of H-pyrrole nitrogens is 1. The van der Waals surface area contributed by atoms with Crippen molar-refractivity contribution in [3.05, 3.63) is 28.4 Å². The van der Waals surface area contributed by atoms with Gasteiger partial charge in [-0.15, -0.1) is 5.10 Å². The van der Waals surface area contributed by atoms with Gasteiger partial charge in [0.25, 0.3) is 11.9 Å². The summed E-state index contributed by atoms with van der Waals surface area (Å²) in [5, 5.41) is 14.8. The van der Waals surface area contributed by atoms with Gasteiger partial charge in [0.1, 0.15) is 4.91 Å². The smallest absolute Gasteiger partial charge is 0.270 e. The highest BCUT2D eigenvalue weighted by molar-refractivity contribution is 7.91. The minimum Gasteiger partial charge on any atom is -0.494 e. The Morgan fingerprint density at radius 1 is 1.50 bits per heavy atom. The second-order valence-corrected chi connectivity index (χ2v) is 5.85. The number of anilines is 1. The summed E-state index contributed by atoms with van der Waals surface area (Å²) in [6.45, 7) is 0. The molecule has 1 aromatic heterocycles. The predicted octanol–water partition coefficient (Wildman–Crippen LogP) is 1.01. The van der Waals surface area contributed by atoms with E-state index in [4.69, 9.17) is 16.3 Å². The molecular weight excluding hydrogens is 337 g/mol. The van der Waals surface area contributed by atoms with Crippen LogP contribution in [0, 0.1) is 5.82 Å². The van der Waals surface area contributed by atoms with Crippen LogP contribution in [0.25, 0.3) is 5.03 Å². The van der Waals surface area contributed by atoms with Crippen LogP contribution in [-0.4, -0.2) is 37.9 Å². The Kier molecular flexibility index (Phi) is 3.62. The average molecular weight is 344 g/mol. The Balaban J connectivity index is 2.01. The van der Waals surface area contributed by atoms with E-state index in [0.29, 0.717) is 0 Å². The molecule has 1 aliphatic heterocycles. The first-order valence-corrected chi connectivity index (χ1v) is 7.30. The molecule has 0 saturated carbocycles. The van der Waals surface area contributed by atoms with E-state index in [1.54, 1.807) is 0 Å². The van der Waals surface area contributed by atoms with E-state index < -0.39 is 22.5 Å². The number of nitrogens with one attached hydrogen (secondary N) is 2. The number of benzene rings is 1. The number of hydrogen-bond donors (Lipinski definition) is 2. The Labute approximate surface area is 130 Å². The Morgan fingerprint density at radius 2 is 2.27 bits per heavy atom. The molecule has 0 fully saturated rings. The van der Waals surface area contributed by atoms with E-state index in [1.165, 1.54) is 13.2 Å². The fourth-order valence-corrected chi connectivity index (χ4v) is 3.68. The molecule has 0 spiro atoms. The largest absolute Gasteiger partial charge is 0.494 e. The number of rotatable bonds is 3. The van der Waals surface area contributed by atoms with Crippen molar-refractivity contribution in [1.29, 1.82) is 0 Å². The van der Waals surface area contributed by atoms with Crippen LogP contribution in [0.1, 0.15) is 5.56 Å².